The fourth-order valence-electron chi connectivity index (χ4n) is 0.597. The maximum Gasteiger partial charge on any atom is 0.222 e. The van der Waals surface area contributed by atoms with E-state index in [1.165, 1.54) is 0 Å². The molecule has 58 valence electrons. The van der Waals surface area contributed by atoms with Gasteiger partial charge in [-0.15, -0.1) is 0 Å². The van der Waals surface area contributed by atoms with Gasteiger partial charge in [-0.05, 0) is 11.6 Å². The zero-order valence-electron chi connectivity index (χ0n) is 5.74. The Morgan fingerprint density at radius 3 is 2.64 bits per heavy atom. The first-order chi connectivity index (χ1) is 5.33. The van der Waals surface area contributed by atoms with Crippen molar-refractivity contribution in [2.24, 2.45) is 0 Å². The SMILES string of the molecule is SCC=Cc1cnc(Cl)nc1. The zero-order chi connectivity index (χ0) is 8.10. The molecular formula is C7H7ClN2S. The first-order valence-corrected chi connectivity index (χ1v) is 4.09. The van der Waals surface area contributed by atoms with Crippen LogP contribution in [-0.4, -0.2) is 15.7 Å². The van der Waals surface area contributed by atoms with Crippen molar-refractivity contribution < 1.29 is 0 Å². The van der Waals surface area contributed by atoms with Gasteiger partial charge in [0, 0.05) is 23.7 Å². The number of halogens is 1. The molecule has 1 heterocycles. The predicted molar refractivity (Wildman–Crippen MR) is 49.9 cm³/mol. The fourth-order valence-corrected chi connectivity index (χ4v) is 0.800. The van der Waals surface area contributed by atoms with Crippen molar-refractivity contribution in [3.63, 3.8) is 0 Å². The highest BCUT2D eigenvalue weighted by Gasteiger charge is 1.88. The van der Waals surface area contributed by atoms with Gasteiger partial charge in [0.05, 0.1) is 0 Å². The number of aromatic nitrogens is 2. The van der Waals surface area contributed by atoms with Crippen molar-refractivity contribution in [2.75, 3.05) is 5.75 Å². The molecule has 0 aromatic carbocycles. The van der Waals surface area contributed by atoms with E-state index in [1.807, 2.05) is 12.2 Å². The lowest BCUT2D eigenvalue weighted by atomic mass is 10.3. The highest BCUT2D eigenvalue weighted by atomic mass is 35.5. The van der Waals surface area contributed by atoms with Crippen molar-refractivity contribution in [1.82, 2.24) is 9.97 Å². The van der Waals surface area contributed by atoms with Crippen molar-refractivity contribution in [3.05, 3.63) is 29.3 Å². The first kappa shape index (κ1) is 8.56. The second kappa shape index (κ2) is 4.36. The molecule has 0 atom stereocenters. The summed E-state index contributed by atoms with van der Waals surface area (Å²) in [6, 6.07) is 0. The molecule has 1 rings (SSSR count). The van der Waals surface area contributed by atoms with Crippen molar-refractivity contribution in [2.45, 2.75) is 0 Å². The smallest absolute Gasteiger partial charge is 0.222 e. The molecule has 2 nitrogen and oxygen atoms in total. The summed E-state index contributed by atoms with van der Waals surface area (Å²) in [4.78, 5) is 7.62. The molecule has 0 amide bonds. The standard InChI is InChI=1S/C7H7ClN2S/c8-7-9-4-6(5-10-7)2-1-3-11/h1-2,4-5,11H,3H2. The van der Waals surface area contributed by atoms with Gasteiger partial charge in [-0.2, -0.15) is 12.6 Å². The Hall–Kier alpha value is -0.540. The van der Waals surface area contributed by atoms with Gasteiger partial charge in [-0.3, -0.25) is 0 Å². The molecular weight excluding hydrogens is 180 g/mol. The highest BCUT2D eigenvalue weighted by molar-refractivity contribution is 7.80. The van der Waals surface area contributed by atoms with E-state index in [2.05, 4.69) is 22.6 Å². The minimum Gasteiger partial charge on any atom is -0.226 e. The third kappa shape index (κ3) is 2.91. The lowest BCUT2D eigenvalue weighted by Crippen LogP contribution is -1.81. The minimum absolute atomic E-state index is 0.271. The molecule has 0 bridgehead atoms. The van der Waals surface area contributed by atoms with E-state index >= 15 is 0 Å². The molecule has 0 aliphatic carbocycles. The summed E-state index contributed by atoms with van der Waals surface area (Å²) in [5.41, 5.74) is 0.934. The molecule has 0 saturated heterocycles. The summed E-state index contributed by atoms with van der Waals surface area (Å²) >= 11 is 9.50. The lowest BCUT2D eigenvalue weighted by Gasteiger charge is -1.90. The van der Waals surface area contributed by atoms with Crippen LogP contribution in [0, 0.1) is 0 Å². The van der Waals surface area contributed by atoms with Crippen LogP contribution in [0.4, 0.5) is 0 Å². The second-order valence-corrected chi connectivity index (χ2v) is 2.57. The van der Waals surface area contributed by atoms with E-state index in [0.717, 1.165) is 5.56 Å². The van der Waals surface area contributed by atoms with Crippen LogP contribution in [0.1, 0.15) is 5.56 Å². The number of thiol groups is 1. The van der Waals surface area contributed by atoms with E-state index in [1.54, 1.807) is 12.4 Å². The van der Waals surface area contributed by atoms with E-state index in [-0.39, 0.29) is 5.28 Å². The normalized spacial score (nSPS) is 10.7. The molecule has 1 aromatic rings. The maximum atomic E-state index is 5.48. The molecule has 0 spiro atoms. The van der Waals surface area contributed by atoms with Gasteiger partial charge in [0.2, 0.25) is 5.28 Å². The van der Waals surface area contributed by atoms with E-state index in [9.17, 15) is 0 Å². The predicted octanol–water partition coefficient (Wildman–Crippen LogP) is 2.07. The maximum absolute atomic E-state index is 5.48. The average molecular weight is 187 g/mol. The quantitative estimate of drug-likeness (QED) is 0.565. The summed E-state index contributed by atoms with van der Waals surface area (Å²) in [5, 5.41) is 0.271. The molecule has 0 N–H and O–H groups in total. The van der Waals surface area contributed by atoms with Crippen LogP contribution >= 0.6 is 24.2 Å². The van der Waals surface area contributed by atoms with Gasteiger partial charge >= 0.3 is 0 Å². The number of hydrogen-bond acceptors (Lipinski definition) is 3. The van der Waals surface area contributed by atoms with Crippen LogP contribution in [0.5, 0.6) is 0 Å². The average Bonchev–Trinajstić information content (AvgIpc) is 2.04. The van der Waals surface area contributed by atoms with Crippen LogP contribution in [-0.2, 0) is 0 Å². The number of rotatable bonds is 2. The van der Waals surface area contributed by atoms with Crippen LogP contribution < -0.4 is 0 Å². The van der Waals surface area contributed by atoms with Crippen molar-refractivity contribution >= 4 is 30.3 Å². The van der Waals surface area contributed by atoms with Gasteiger partial charge in [0.25, 0.3) is 0 Å². The summed E-state index contributed by atoms with van der Waals surface area (Å²) in [6.45, 7) is 0. The minimum atomic E-state index is 0.271. The third-order valence-corrected chi connectivity index (χ3v) is 1.46. The highest BCUT2D eigenvalue weighted by Crippen LogP contribution is 2.02. The van der Waals surface area contributed by atoms with Gasteiger partial charge in [-0.25, -0.2) is 9.97 Å². The lowest BCUT2D eigenvalue weighted by molar-refractivity contribution is 1.16. The topological polar surface area (TPSA) is 25.8 Å². The Balaban J connectivity index is 2.73. The summed E-state index contributed by atoms with van der Waals surface area (Å²) < 4.78 is 0. The molecule has 0 aliphatic rings. The Bertz CT molecular complexity index is 245. The molecule has 0 fully saturated rings. The van der Waals surface area contributed by atoms with E-state index in [0.29, 0.717) is 5.75 Å². The molecule has 0 aliphatic heterocycles. The molecule has 1 aromatic heterocycles. The molecule has 0 saturated carbocycles. The monoisotopic (exact) mass is 186 g/mol. The molecule has 0 unspecified atom stereocenters. The summed E-state index contributed by atoms with van der Waals surface area (Å²) in [7, 11) is 0. The molecule has 0 radical (unpaired) electrons. The number of nitrogens with zero attached hydrogens (tertiary/aromatic N) is 2. The fraction of sp³-hybridized carbons (Fsp3) is 0.143. The van der Waals surface area contributed by atoms with Crippen molar-refractivity contribution in [1.29, 1.82) is 0 Å². The van der Waals surface area contributed by atoms with Gasteiger partial charge in [0.1, 0.15) is 0 Å². The van der Waals surface area contributed by atoms with E-state index < -0.39 is 0 Å². The van der Waals surface area contributed by atoms with Crippen molar-refractivity contribution in [3.8, 4) is 0 Å². The van der Waals surface area contributed by atoms with Crippen LogP contribution in [0.3, 0.4) is 0 Å². The molecule has 11 heavy (non-hydrogen) atoms. The van der Waals surface area contributed by atoms with Crippen LogP contribution in [0.2, 0.25) is 5.28 Å². The Labute approximate surface area is 75.7 Å². The largest absolute Gasteiger partial charge is 0.226 e. The summed E-state index contributed by atoms with van der Waals surface area (Å²) in [5.74, 6) is 0.711. The van der Waals surface area contributed by atoms with Gasteiger partial charge in [0.15, 0.2) is 0 Å². The summed E-state index contributed by atoms with van der Waals surface area (Å²) in [6.07, 6.45) is 7.13. The Morgan fingerprint density at radius 1 is 1.45 bits per heavy atom. The van der Waals surface area contributed by atoms with Gasteiger partial charge < -0.3 is 0 Å². The van der Waals surface area contributed by atoms with Crippen LogP contribution in [0.25, 0.3) is 6.08 Å². The Kier molecular flexibility index (Phi) is 3.39. The Morgan fingerprint density at radius 2 is 2.09 bits per heavy atom. The zero-order valence-corrected chi connectivity index (χ0v) is 7.39. The second-order valence-electron chi connectivity index (χ2n) is 1.87. The van der Waals surface area contributed by atoms with E-state index in [4.69, 9.17) is 11.6 Å². The third-order valence-electron chi connectivity index (χ3n) is 1.06. The van der Waals surface area contributed by atoms with Crippen LogP contribution in [0.15, 0.2) is 18.5 Å². The number of hydrogen-bond donors (Lipinski definition) is 1. The van der Waals surface area contributed by atoms with Gasteiger partial charge in [-0.1, -0.05) is 12.2 Å². The molecule has 4 heteroatoms. The first-order valence-electron chi connectivity index (χ1n) is 3.08.